The highest BCUT2D eigenvalue weighted by Crippen LogP contribution is 2.28. The molecule has 2 aromatic rings. The van der Waals surface area contributed by atoms with Crippen LogP contribution in [0.3, 0.4) is 0 Å². The minimum atomic E-state index is -0.962. The van der Waals surface area contributed by atoms with Gasteiger partial charge in [0.15, 0.2) is 0 Å². The first-order valence-corrected chi connectivity index (χ1v) is 7.13. The quantitative estimate of drug-likeness (QED) is 0.799. The summed E-state index contributed by atoms with van der Waals surface area (Å²) < 4.78 is 28.6. The molecule has 0 aliphatic rings. The van der Waals surface area contributed by atoms with Crippen LogP contribution in [0.4, 0.5) is 8.78 Å². The lowest BCUT2D eigenvalue weighted by Gasteiger charge is -2.13. The van der Waals surface area contributed by atoms with Crippen LogP contribution in [0.1, 0.15) is 17.2 Å². The van der Waals surface area contributed by atoms with Crippen molar-refractivity contribution in [3.05, 3.63) is 68.1 Å². The highest BCUT2D eigenvalue weighted by molar-refractivity contribution is 9.13. The summed E-state index contributed by atoms with van der Waals surface area (Å²) in [6.07, 6.45) is -1.07. The molecule has 1 unspecified atom stereocenters. The van der Waals surface area contributed by atoms with Gasteiger partial charge in [0, 0.05) is 20.9 Å². The average molecular weight is 392 g/mol. The number of halogens is 4. The maximum atomic E-state index is 13.5. The van der Waals surface area contributed by atoms with Gasteiger partial charge in [-0.25, -0.2) is 8.78 Å². The van der Waals surface area contributed by atoms with E-state index in [4.69, 9.17) is 0 Å². The van der Waals surface area contributed by atoms with Gasteiger partial charge < -0.3 is 5.11 Å². The summed E-state index contributed by atoms with van der Waals surface area (Å²) in [7, 11) is 0. The van der Waals surface area contributed by atoms with Gasteiger partial charge in [0.2, 0.25) is 0 Å². The highest BCUT2D eigenvalue weighted by Gasteiger charge is 2.16. The molecule has 1 nitrogen and oxygen atoms in total. The first-order valence-electron chi connectivity index (χ1n) is 5.55. The molecule has 2 aromatic carbocycles. The topological polar surface area (TPSA) is 20.2 Å². The largest absolute Gasteiger partial charge is 0.388 e. The average Bonchev–Trinajstić information content (AvgIpc) is 2.37. The van der Waals surface area contributed by atoms with Crippen LogP contribution in [0, 0.1) is 11.6 Å². The van der Waals surface area contributed by atoms with E-state index in [0.717, 1.165) is 8.95 Å². The maximum Gasteiger partial charge on any atom is 0.129 e. The molecule has 0 saturated carbocycles. The fourth-order valence-electron chi connectivity index (χ4n) is 1.76. The predicted octanol–water partition coefficient (Wildman–Crippen LogP) is 4.77. The molecule has 0 aromatic heterocycles. The van der Waals surface area contributed by atoms with E-state index in [1.54, 1.807) is 18.2 Å². The molecule has 5 heteroatoms. The fourth-order valence-corrected chi connectivity index (χ4v) is 2.40. The summed E-state index contributed by atoms with van der Waals surface area (Å²) in [5, 5.41) is 10.1. The molecule has 0 amide bonds. The third-order valence-corrected chi connectivity index (χ3v) is 4.67. The molecule has 0 saturated heterocycles. The Kier molecular flexibility index (Phi) is 4.71. The van der Waals surface area contributed by atoms with Crippen LogP contribution in [0.2, 0.25) is 0 Å². The summed E-state index contributed by atoms with van der Waals surface area (Å²) in [4.78, 5) is 0. The van der Waals surface area contributed by atoms with E-state index in [9.17, 15) is 13.9 Å². The van der Waals surface area contributed by atoms with Gasteiger partial charge in [0.1, 0.15) is 11.6 Å². The Labute approximate surface area is 126 Å². The summed E-state index contributed by atoms with van der Waals surface area (Å²) in [5.74, 6) is -1.29. The van der Waals surface area contributed by atoms with Gasteiger partial charge >= 0.3 is 0 Å². The molecule has 0 aliphatic heterocycles. The molecule has 19 heavy (non-hydrogen) atoms. The standard InChI is InChI=1S/C14H10Br2F2O/c15-10-5-4-8(6-11(10)16)14(19)7-9-12(17)2-1-3-13(9)18/h1-6,14,19H,7H2. The van der Waals surface area contributed by atoms with Crippen molar-refractivity contribution in [2.75, 3.05) is 0 Å². The minimum absolute atomic E-state index is 0.103. The maximum absolute atomic E-state index is 13.5. The summed E-state index contributed by atoms with van der Waals surface area (Å²) in [5.41, 5.74) is 0.492. The van der Waals surface area contributed by atoms with Gasteiger partial charge in [-0.05, 0) is 61.7 Å². The molecule has 1 N–H and O–H groups in total. The normalized spacial score (nSPS) is 12.5. The fraction of sp³-hybridized carbons (Fsp3) is 0.143. The third kappa shape index (κ3) is 3.41. The second kappa shape index (κ2) is 6.11. The SMILES string of the molecule is OC(Cc1c(F)cccc1F)c1ccc(Br)c(Br)c1. The van der Waals surface area contributed by atoms with Gasteiger partial charge in [-0.3, -0.25) is 0 Å². The summed E-state index contributed by atoms with van der Waals surface area (Å²) >= 11 is 6.64. The van der Waals surface area contributed by atoms with Crippen molar-refractivity contribution in [1.29, 1.82) is 0 Å². The van der Waals surface area contributed by atoms with E-state index in [1.165, 1.54) is 18.2 Å². The molecular weight excluding hydrogens is 382 g/mol. The van der Waals surface area contributed by atoms with Crippen LogP contribution in [0.25, 0.3) is 0 Å². The van der Waals surface area contributed by atoms with Crippen LogP contribution < -0.4 is 0 Å². The van der Waals surface area contributed by atoms with Gasteiger partial charge in [0.25, 0.3) is 0 Å². The molecule has 0 fully saturated rings. The molecule has 0 bridgehead atoms. The zero-order chi connectivity index (χ0) is 14.0. The van der Waals surface area contributed by atoms with Gasteiger partial charge in [-0.1, -0.05) is 12.1 Å². The number of aliphatic hydroxyl groups is 1. The lowest BCUT2D eigenvalue weighted by molar-refractivity contribution is 0.175. The lowest BCUT2D eigenvalue weighted by Crippen LogP contribution is -2.05. The van der Waals surface area contributed by atoms with Crippen LogP contribution in [0.5, 0.6) is 0 Å². The number of hydrogen-bond acceptors (Lipinski definition) is 1. The Morgan fingerprint density at radius 1 is 1.00 bits per heavy atom. The Morgan fingerprint density at radius 3 is 2.21 bits per heavy atom. The van der Waals surface area contributed by atoms with E-state index in [-0.39, 0.29) is 12.0 Å². The molecule has 1 atom stereocenters. The van der Waals surface area contributed by atoms with Crippen LogP contribution >= 0.6 is 31.9 Å². The van der Waals surface area contributed by atoms with Crippen LogP contribution in [-0.4, -0.2) is 5.11 Å². The molecular formula is C14H10Br2F2O. The minimum Gasteiger partial charge on any atom is -0.388 e. The van der Waals surface area contributed by atoms with Gasteiger partial charge in [-0.2, -0.15) is 0 Å². The monoisotopic (exact) mass is 390 g/mol. The predicted molar refractivity (Wildman–Crippen MR) is 76.9 cm³/mol. The van der Waals surface area contributed by atoms with E-state index in [0.29, 0.717) is 5.56 Å². The lowest BCUT2D eigenvalue weighted by atomic mass is 10.0. The smallest absolute Gasteiger partial charge is 0.129 e. The van der Waals surface area contributed by atoms with Gasteiger partial charge in [0.05, 0.1) is 6.10 Å². The zero-order valence-corrected chi connectivity index (χ0v) is 12.9. The highest BCUT2D eigenvalue weighted by atomic mass is 79.9. The second-order valence-electron chi connectivity index (χ2n) is 4.09. The van der Waals surface area contributed by atoms with E-state index < -0.39 is 17.7 Å². The molecule has 0 aliphatic carbocycles. The number of rotatable bonds is 3. The van der Waals surface area contributed by atoms with Crippen molar-refractivity contribution in [2.45, 2.75) is 12.5 Å². The van der Waals surface area contributed by atoms with E-state index >= 15 is 0 Å². The summed E-state index contributed by atoms with van der Waals surface area (Å²) in [6, 6.07) is 8.86. The van der Waals surface area contributed by atoms with Crippen molar-refractivity contribution in [3.8, 4) is 0 Å². The molecule has 0 spiro atoms. The van der Waals surface area contributed by atoms with E-state index in [2.05, 4.69) is 31.9 Å². The van der Waals surface area contributed by atoms with E-state index in [1.807, 2.05) is 0 Å². The van der Waals surface area contributed by atoms with Crippen molar-refractivity contribution in [2.24, 2.45) is 0 Å². The number of benzene rings is 2. The summed E-state index contributed by atoms with van der Waals surface area (Å²) in [6.45, 7) is 0. The Bertz CT molecular complexity index is 582. The molecule has 2 rings (SSSR count). The van der Waals surface area contributed by atoms with Crippen LogP contribution in [0.15, 0.2) is 45.3 Å². The van der Waals surface area contributed by atoms with Crippen molar-refractivity contribution >= 4 is 31.9 Å². The first kappa shape index (κ1) is 14.6. The zero-order valence-electron chi connectivity index (χ0n) is 9.71. The first-order chi connectivity index (χ1) is 8.99. The van der Waals surface area contributed by atoms with Crippen molar-refractivity contribution < 1.29 is 13.9 Å². The van der Waals surface area contributed by atoms with Gasteiger partial charge in [-0.15, -0.1) is 0 Å². The number of aliphatic hydroxyl groups excluding tert-OH is 1. The third-order valence-electron chi connectivity index (χ3n) is 2.79. The molecule has 100 valence electrons. The molecule has 0 radical (unpaired) electrons. The second-order valence-corrected chi connectivity index (χ2v) is 5.80. The Morgan fingerprint density at radius 2 is 1.63 bits per heavy atom. The Balaban J connectivity index is 2.25. The van der Waals surface area contributed by atoms with Crippen molar-refractivity contribution in [3.63, 3.8) is 0 Å². The van der Waals surface area contributed by atoms with Crippen LogP contribution in [-0.2, 0) is 6.42 Å². The molecule has 0 heterocycles. The Hall–Kier alpha value is -0.780. The van der Waals surface area contributed by atoms with Crippen molar-refractivity contribution in [1.82, 2.24) is 0 Å². The number of hydrogen-bond donors (Lipinski definition) is 1.